The lowest BCUT2D eigenvalue weighted by Gasteiger charge is -2.39. The fourth-order valence-electron chi connectivity index (χ4n) is 3.65. The maximum absolute atomic E-state index is 13.7. The number of carbonyl (C=O) groups excluding carboxylic acids is 1. The maximum Gasteiger partial charge on any atom is 0.265 e. The monoisotopic (exact) mass is 431 g/mol. The molecule has 0 spiro atoms. The minimum atomic E-state index is -2.80. The number of carbonyl (C=O) groups is 1. The van der Waals surface area contributed by atoms with E-state index < -0.39 is 12.2 Å². The molecule has 0 radical (unpaired) electrons. The standard InChI is InChI=1S/C22H17ClF3N3O/c1-12-7-14(24)3-4-18(12)28-11-29(19-5-6-27-10-13(19)2)22(30)16-8-17(23)15(21(25)26)9-20(16)28/h3-10,21H,11H2,1-2H3. The Kier molecular flexibility index (Phi) is 5.15. The van der Waals surface area contributed by atoms with Gasteiger partial charge in [-0.2, -0.15) is 0 Å². The number of amides is 1. The van der Waals surface area contributed by atoms with Crippen molar-refractivity contribution in [2.24, 2.45) is 0 Å². The van der Waals surface area contributed by atoms with Gasteiger partial charge in [0.15, 0.2) is 0 Å². The third kappa shape index (κ3) is 3.39. The molecular formula is C22H17ClF3N3O. The Bertz CT molecular complexity index is 1150. The normalized spacial score (nSPS) is 13.8. The van der Waals surface area contributed by atoms with Gasteiger partial charge in [-0.3, -0.25) is 14.7 Å². The highest BCUT2D eigenvalue weighted by molar-refractivity contribution is 6.32. The number of pyridine rings is 1. The molecule has 1 aromatic heterocycles. The first-order valence-electron chi connectivity index (χ1n) is 9.15. The van der Waals surface area contributed by atoms with E-state index in [1.807, 2.05) is 6.92 Å². The number of rotatable bonds is 3. The molecule has 30 heavy (non-hydrogen) atoms. The maximum atomic E-state index is 13.7. The van der Waals surface area contributed by atoms with Crippen LogP contribution in [0.3, 0.4) is 0 Å². The summed E-state index contributed by atoms with van der Waals surface area (Å²) < 4.78 is 40.7. The molecule has 2 aromatic carbocycles. The molecule has 0 saturated heterocycles. The van der Waals surface area contributed by atoms with Crippen molar-refractivity contribution >= 4 is 34.6 Å². The van der Waals surface area contributed by atoms with Crippen LogP contribution in [-0.2, 0) is 0 Å². The van der Waals surface area contributed by atoms with E-state index in [9.17, 15) is 18.0 Å². The number of aromatic nitrogens is 1. The molecule has 1 aliphatic heterocycles. The van der Waals surface area contributed by atoms with Crippen molar-refractivity contribution in [1.82, 2.24) is 4.98 Å². The van der Waals surface area contributed by atoms with Crippen LogP contribution in [0.1, 0.15) is 33.5 Å². The molecule has 1 amide bonds. The molecule has 0 bridgehead atoms. The predicted octanol–water partition coefficient (Wildman–Crippen LogP) is 6.18. The van der Waals surface area contributed by atoms with E-state index in [-0.39, 0.29) is 28.7 Å². The van der Waals surface area contributed by atoms with Gasteiger partial charge in [-0.05, 0) is 61.4 Å². The van der Waals surface area contributed by atoms with E-state index in [1.165, 1.54) is 29.2 Å². The number of benzene rings is 2. The third-order valence-corrected chi connectivity index (χ3v) is 5.46. The zero-order valence-corrected chi connectivity index (χ0v) is 16.9. The Morgan fingerprint density at radius 3 is 2.40 bits per heavy atom. The van der Waals surface area contributed by atoms with Crippen LogP contribution in [0.2, 0.25) is 5.02 Å². The molecule has 1 aliphatic rings. The Labute approximate surface area is 176 Å². The van der Waals surface area contributed by atoms with Gasteiger partial charge < -0.3 is 4.90 Å². The van der Waals surface area contributed by atoms with Crippen molar-refractivity contribution in [1.29, 1.82) is 0 Å². The molecule has 0 atom stereocenters. The van der Waals surface area contributed by atoms with E-state index >= 15 is 0 Å². The number of anilines is 3. The van der Waals surface area contributed by atoms with Crippen LogP contribution >= 0.6 is 11.6 Å². The first-order chi connectivity index (χ1) is 14.3. The third-order valence-electron chi connectivity index (χ3n) is 5.13. The predicted molar refractivity (Wildman–Crippen MR) is 110 cm³/mol. The van der Waals surface area contributed by atoms with E-state index in [1.54, 1.807) is 36.4 Å². The minimum absolute atomic E-state index is 0.0630. The van der Waals surface area contributed by atoms with Crippen molar-refractivity contribution < 1.29 is 18.0 Å². The highest BCUT2D eigenvalue weighted by Gasteiger charge is 2.34. The van der Waals surface area contributed by atoms with Crippen molar-refractivity contribution in [3.63, 3.8) is 0 Å². The zero-order valence-electron chi connectivity index (χ0n) is 16.2. The number of aryl methyl sites for hydroxylation is 2. The van der Waals surface area contributed by atoms with Crippen LogP contribution in [-0.4, -0.2) is 17.6 Å². The molecule has 8 heteroatoms. The summed E-state index contributed by atoms with van der Waals surface area (Å²) in [6.07, 6.45) is 0.416. The first kappa shape index (κ1) is 20.2. The Morgan fingerprint density at radius 1 is 1.00 bits per heavy atom. The SMILES string of the molecule is Cc1cnccc1N1CN(c2ccc(F)cc2C)c2cc(C(F)F)c(Cl)cc2C1=O. The minimum Gasteiger partial charge on any atom is -0.322 e. The number of hydrogen-bond acceptors (Lipinski definition) is 3. The lowest BCUT2D eigenvalue weighted by atomic mass is 10.0. The second kappa shape index (κ2) is 7.65. The second-order valence-electron chi connectivity index (χ2n) is 7.09. The molecule has 0 N–H and O–H groups in total. The molecule has 4 nitrogen and oxygen atoms in total. The van der Waals surface area contributed by atoms with Crippen LogP contribution < -0.4 is 9.80 Å². The van der Waals surface area contributed by atoms with Crippen molar-refractivity contribution in [2.45, 2.75) is 20.3 Å². The average Bonchev–Trinajstić information content (AvgIpc) is 2.69. The van der Waals surface area contributed by atoms with Gasteiger partial charge in [0, 0.05) is 23.6 Å². The Morgan fingerprint density at radius 2 is 1.73 bits per heavy atom. The van der Waals surface area contributed by atoms with Crippen molar-refractivity contribution in [2.75, 3.05) is 16.5 Å². The molecular weight excluding hydrogens is 415 g/mol. The van der Waals surface area contributed by atoms with Crippen LogP contribution in [0.5, 0.6) is 0 Å². The molecule has 0 aliphatic carbocycles. The first-order valence-corrected chi connectivity index (χ1v) is 9.53. The van der Waals surface area contributed by atoms with Gasteiger partial charge in [-0.15, -0.1) is 0 Å². The zero-order chi connectivity index (χ0) is 21.6. The summed E-state index contributed by atoms with van der Waals surface area (Å²) in [7, 11) is 0. The van der Waals surface area contributed by atoms with E-state index in [2.05, 4.69) is 4.98 Å². The summed E-state index contributed by atoms with van der Waals surface area (Å²) in [5.74, 6) is -0.770. The van der Waals surface area contributed by atoms with Crippen molar-refractivity contribution in [3.05, 3.63) is 81.9 Å². The lowest BCUT2D eigenvalue weighted by Crippen LogP contribution is -2.45. The largest absolute Gasteiger partial charge is 0.322 e. The highest BCUT2D eigenvalue weighted by Crippen LogP contribution is 2.41. The number of fused-ring (bicyclic) bond motifs is 1. The lowest BCUT2D eigenvalue weighted by molar-refractivity contribution is 0.0982. The second-order valence-corrected chi connectivity index (χ2v) is 7.49. The smallest absolute Gasteiger partial charge is 0.265 e. The topological polar surface area (TPSA) is 36.4 Å². The molecule has 0 saturated carbocycles. The quantitative estimate of drug-likeness (QED) is 0.496. The highest BCUT2D eigenvalue weighted by atomic mass is 35.5. The Hall–Kier alpha value is -3.06. The van der Waals surface area contributed by atoms with Crippen LogP contribution in [0, 0.1) is 19.7 Å². The van der Waals surface area contributed by atoms with Crippen LogP contribution in [0.15, 0.2) is 48.8 Å². The number of alkyl halides is 2. The van der Waals surface area contributed by atoms with Gasteiger partial charge in [0.1, 0.15) is 12.5 Å². The molecule has 2 heterocycles. The van der Waals surface area contributed by atoms with Gasteiger partial charge in [0.2, 0.25) is 0 Å². The Balaban J connectivity index is 1.94. The summed E-state index contributed by atoms with van der Waals surface area (Å²) in [6.45, 7) is 3.61. The van der Waals surface area contributed by atoms with Gasteiger partial charge in [-0.25, -0.2) is 13.2 Å². The summed E-state index contributed by atoms with van der Waals surface area (Å²) >= 11 is 6.06. The molecule has 0 fully saturated rings. The molecule has 154 valence electrons. The van der Waals surface area contributed by atoms with Crippen molar-refractivity contribution in [3.8, 4) is 0 Å². The van der Waals surface area contributed by atoms with Gasteiger partial charge in [0.25, 0.3) is 12.3 Å². The van der Waals surface area contributed by atoms with Gasteiger partial charge in [-0.1, -0.05) is 11.6 Å². The number of halogens is 4. The summed E-state index contributed by atoms with van der Waals surface area (Å²) in [5, 5.41) is -0.179. The number of hydrogen-bond donors (Lipinski definition) is 0. The average molecular weight is 432 g/mol. The molecule has 0 unspecified atom stereocenters. The summed E-state index contributed by atoms with van der Waals surface area (Å²) in [4.78, 5) is 20.6. The van der Waals surface area contributed by atoms with Crippen LogP contribution in [0.4, 0.5) is 30.2 Å². The van der Waals surface area contributed by atoms with Gasteiger partial charge in [0.05, 0.1) is 22.0 Å². The summed E-state index contributed by atoms with van der Waals surface area (Å²) in [5.41, 5.74) is 2.76. The summed E-state index contributed by atoms with van der Waals surface area (Å²) in [6, 6.07) is 8.44. The fraction of sp³-hybridized carbons (Fsp3) is 0.182. The van der Waals surface area contributed by atoms with E-state index in [0.717, 1.165) is 5.56 Å². The van der Waals surface area contributed by atoms with E-state index in [4.69, 9.17) is 11.6 Å². The molecule has 4 rings (SSSR count). The van der Waals surface area contributed by atoms with E-state index in [0.29, 0.717) is 22.6 Å². The van der Waals surface area contributed by atoms with Gasteiger partial charge >= 0.3 is 0 Å². The fourth-order valence-corrected chi connectivity index (χ4v) is 3.90. The van der Waals surface area contributed by atoms with Crippen LogP contribution in [0.25, 0.3) is 0 Å². The molecule has 3 aromatic rings. The number of nitrogens with zero attached hydrogens (tertiary/aromatic N) is 3.